The molecule has 0 radical (unpaired) electrons. The van der Waals surface area contributed by atoms with Gasteiger partial charge in [-0.2, -0.15) is 0 Å². The lowest BCUT2D eigenvalue weighted by atomic mass is 9.99. The highest BCUT2D eigenvalue weighted by molar-refractivity contribution is 5.76. The summed E-state index contributed by atoms with van der Waals surface area (Å²) in [4.78, 5) is 18.3. The van der Waals surface area contributed by atoms with Crippen molar-refractivity contribution in [3.63, 3.8) is 0 Å². The van der Waals surface area contributed by atoms with Gasteiger partial charge in [0, 0.05) is 31.9 Å². The Kier molecular flexibility index (Phi) is 3.77. The van der Waals surface area contributed by atoms with Crippen LogP contribution in [0.2, 0.25) is 0 Å². The minimum atomic E-state index is 0.247. The first-order chi connectivity index (χ1) is 9.83. The minimum Gasteiger partial charge on any atom is -0.338 e. The molecule has 1 aliphatic heterocycles. The van der Waals surface area contributed by atoms with Crippen molar-refractivity contribution in [2.24, 2.45) is 0 Å². The third kappa shape index (κ3) is 2.87. The van der Waals surface area contributed by atoms with Gasteiger partial charge in [-0.05, 0) is 41.7 Å². The molecule has 3 heteroatoms. The summed E-state index contributed by atoms with van der Waals surface area (Å²) in [5.74, 6) is 0.247. The van der Waals surface area contributed by atoms with Crippen LogP contribution < -0.4 is 0 Å². The molecule has 0 N–H and O–H groups in total. The molecule has 0 aliphatic carbocycles. The average molecular weight is 266 g/mol. The molecule has 0 fully saturated rings. The smallest absolute Gasteiger partial charge is 0.223 e. The number of nitrogens with zero attached hydrogens (tertiary/aromatic N) is 2. The second-order valence-electron chi connectivity index (χ2n) is 5.19. The minimum absolute atomic E-state index is 0.247. The molecule has 0 atom stereocenters. The van der Waals surface area contributed by atoms with E-state index >= 15 is 0 Å². The van der Waals surface area contributed by atoms with E-state index < -0.39 is 0 Å². The van der Waals surface area contributed by atoms with E-state index in [1.165, 1.54) is 16.7 Å². The predicted molar refractivity (Wildman–Crippen MR) is 78.1 cm³/mol. The van der Waals surface area contributed by atoms with Crippen LogP contribution in [0.3, 0.4) is 0 Å². The highest BCUT2D eigenvalue weighted by atomic mass is 16.2. The van der Waals surface area contributed by atoms with E-state index in [4.69, 9.17) is 0 Å². The van der Waals surface area contributed by atoms with E-state index in [0.29, 0.717) is 6.42 Å². The second-order valence-corrected chi connectivity index (χ2v) is 5.19. The molecule has 0 saturated carbocycles. The van der Waals surface area contributed by atoms with E-state index in [-0.39, 0.29) is 5.91 Å². The van der Waals surface area contributed by atoms with E-state index in [9.17, 15) is 4.79 Å². The Bertz CT molecular complexity index is 595. The number of rotatable bonds is 3. The first-order valence-electron chi connectivity index (χ1n) is 7.06. The standard InChI is InChI=1S/C17H18N2O/c20-17(6-5-14-7-10-18-11-8-14)19-12-9-15-3-1-2-4-16(15)13-19/h1-4,7-8,10-11H,5-6,9,12-13H2. The Morgan fingerprint density at radius 2 is 1.85 bits per heavy atom. The summed E-state index contributed by atoms with van der Waals surface area (Å²) >= 11 is 0. The van der Waals surface area contributed by atoms with Crippen molar-refractivity contribution in [3.8, 4) is 0 Å². The molecular weight excluding hydrogens is 248 g/mol. The van der Waals surface area contributed by atoms with Crippen molar-refractivity contribution in [2.75, 3.05) is 6.54 Å². The Morgan fingerprint density at radius 3 is 2.65 bits per heavy atom. The molecule has 0 unspecified atom stereocenters. The van der Waals surface area contributed by atoms with Gasteiger partial charge in [0.1, 0.15) is 0 Å². The highest BCUT2D eigenvalue weighted by Crippen LogP contribution is 2.19. The third-order valence-corrected chi connectivity index (χ3v) is 3.86. The molecular formula is C17H18N2O. The van der Waals surface area contributed by atoms with Crippen LogP contribution >= 0.6 is 0 Å². The quantitative estimate of drug-likeness (QED) is 0.855. The van der Waals surface area contributed by atoms with Gasteiger partial charge in [-0.25, -0.2) is 0 Å². The summed E-state index contributed by atoms with van der Waals surface area (Å²) in [6, 6.07) is 12.3. The number of carbonyl (C=O) groups excluding carboxylic acids is 1. The topological polar surface area (TPSA) is 33.2 Å². The number of amides is 1. The number of carbonyl (C=O) groups is 1. The molecule has 3 rings (SSSR count). The number of hydrogen-bond acceptors (Lipinski definition) is 2. The van der Waals surface area contributed by atoms with Gasteiger partial charge in [0.15, 0.2) is 0 Å². The zero-order chi connectivity index (χ0) is 13.8. The van der Waals surface area contributed by atoms with Crippen molar-refractivity contribution in [3.05, 3.63) is 65.5 Å². The predicted octanol–water partition coefficient (Wildman–Crippen LogP) is 2.60. The maximum absolute atomic E-state index is 12.3. The van der Waals surface area contributed by atoms with Gasteiger partial charge >= 0.3 is 0 Å². The van der Waals surface area contributed by atoms with Gasteiger partial charge in [0.05, 0.1) is 0 Å². The Balaban J connectivity index is 1.59. The number of hydrogen-bond donors (Lipinski definition) is 0. The Morgan fingerprint density at radius 1 is 1.10 bits per heavy atom. The number of pyridine rings is 1. The first-order valence-corrected chi connectivity index (χ1v) is 7.06. The largest absolute Gasteiger partial charge is 0.338 e. The maximum atomic E-state index is 12.3. The van der Waals surface area contributed by atoms with Gasteiger partial charge in [-0.3, -0.25) is 9.78 Å². The van der Waals surface area contributed by atoms with E-state index in [0.717, 1.165) is 25.9 Å². The summed E-state index contributed by atoms with van der Waals surface area (Å²) < 4.78 is 0. The molecule has 0 bridgehead atoms. The van der Waals surface area contributed by atoms with Crippen molar-refractivity contribution in [2.45, 2.75) is 25.8 Å². The van der Waals surface area contributed by atoms with Crippen molar-refractivity contribution in [1.29, 1.82) is 0 Å². The number of fused-ring (bicyclic) bond motifs is 1. The lowest BCUT2D eigenvalue weighted by Crippen LogP contribution is -2.36. The average Bonchev–Trinajstić information content (AvgIpc) is 2.53. The van der Waals surface area contributed by atoms with Gasteiger partial charge in [0.2, 0.25) is 5.91 Å². The fourth-order valence-electron chi connectivity index (χ4n) is 2.67. The molecule has 1 aliphatic rings. The molecule has 1 aromatic carbocycles. The molecule has 20 heavy (non-hydrogen) atoms. The van der Waals surface area contributed by atoms with Crippen molar-refractivity contribution in [1.82, 2.24) is 9.88 Å². The van der Waals surface area contributed by atoms with Crippen LogP contribution in [0.1, 0.15) is 23.1 Å². The van der Waals surface area contributed by atoms with E-state index in [2.05, 4.69) is 23.2 Å². The van der Waals surface area contributed by atoms with Crippen LogP contribution in [-0.4, -0.2) is 22.3 Å². The van der Waals surface area contributed by atoms with Crippen LogP contribution in [0.4, 0.5) is 0 Å². The Labute approximate surface area is 119 Å². The second kappa shape index (κ2) is 5.87. The Hall–Kier alpha value is -2.16. The lowest BCUT2D eigenvalue weighted by molar-refractivity contribution is -0.132. The monoisotopic (exact) mass is 266 g/mol. The molecule has 102 valence electrons. The van der Waals surface area contributed by atoms with E-state index in [1.807, 2.05) is 23.1 Å². The zero-order valence-corrected chi connectivity index (χ0v) is 11.5. The fraction of sp³-hybridized carbons (Fsp3) is 0.294. The molecule has 0 saturated heterocycles. The summed E-state index contributed by atoms with van der Waals surface area (Å²) in [5.41, 5.74) is 3.84. The van der Waals surface area contributed by atoms with Crippen molar-refractivity contribution >= 4 is 5.91 Å². The normalized spacial score (nSPS) is 13.9. The van der Waals surface area contributed by atoms with Gasteiger partial charge in [0.25, 0.3) is 0 Å². The number of aromatic nitrogens is 1. The van der Waals surface area contributed by atoms with Crippen LogP contribution in [0.25, 0.3) is 0 Å². The molecule has 1 amide bonds. The molecule has 2 heterocycles. The molecule has 0 spiro atoms. The maximum Gasteiger partial charge on any atom is 0.223 e. The molecule has 1 aromatic heterocycles. The molecule has 2 aromatic rings. The number of aryl methyl sites for hydroxylation is 1. The van der Waals surface area contributed by atoms with Gasteiger partial charge in [-0.15, -0.1) is 0 Å². The van der Waals surface area contributed by atoms with Gasteiger partial charge in [-0.1, -0.05) is 24.3 Å². The van der Waals surface area contributed by atoms with E-state index in [1.54, 1.807) is 12.4 Å². The highest BCUT2D eigenvalue weighted by Gasteiger charge is 2.19. The van der Waals surface area contributed by atoms with Crippen LogP contribution in [0.15, 0.2) is 48.8 Å². The first kappa shape index (κ1) is 12.9. The van der Waals surface area contributed by atoms with Crippen molar-refractivity contribution < 1.29 is 4.79 Å². The van der Waals surface area contributed by atoms with Gasteiger partial charge < -0.3 is 4.90 Å². The SMILES string of the molecule is O=C(CCc1ccncc1)N1CCc2ccccc2C1. The fourth-order valence-corrected chi connectivity index (χ4v) is 2.67. The van der Waals surface area contributed by atoms with Crippen LogP contribution in [0, 0.1) is 0 Å². The summed E-state index contributed by atoms with van der Waals surface area (Å²) in [6.07, 6.45) is 5.89. The lowest BCUT2D eigenvalue weighted by Gasteiger charge is -2.29. The van der Waals surface area contributed by atoms with Crippen LogP contribution in [-0.2, 0) is 24.2 Å². The zero-order valence-electron chi connectivity index (χ0n) is 11.5. The summed E-state index contributed by atoms with van der Waals surface area (Å²) in [5, 5.41) is 0. The van der Waals surface area contributed by atoms with Crippen LogP contribution in [0.5, 0.6) is 0 Å². The third-order valence-electron chi connectivity index (χ3n) is 3.86. The summed E-state index contributed by atoms with van der Waals surface area (Å²) in [7, 11) is 0. The molecule has 3 nitrogen and oxygen atoms in total. The number of benzene rings is 1. The summed E-state index contributed by atoms with van der Waals surface area (Å²) in [6.45, 7) is 1.59.